The Morgan fingerprint density at radius 1 is 1.00 bits per heavy atom. The molecule has 1 heterocycles. The molecule has 0 radical (unpaired) electrons. The van der Waals surface area contributed by atoms with Crippen molar-refractivity contribution in [3.8, 4) is 0 Å². The molecule has 0 amide bonds. The number of nitrogens with zero attached hydrogens (tertiary/aromatic N) is 3. The molecule has 0 saturated heterocycles. The largest absolute Gasteiger partial charge is 0.272 e. The van der Waals surface area contributed by atoms with Gasteiger partial charge in [0.1, 0.15) is 6.33 Å². The first-order valence-electron chi connectivity index (χ1n) is 6.16. The number of benzene rings is 2. The Hall–Kier alpha value is -2.82. The molecule has 5 heteroatoms. The first kappa shape index (κ1) is 12.2. The van der Waals surface area contributed by atoms with Crippen LogP contribution in [0.5, 0.6) is 0 Å². The summed E-state index contributed by atoms with van der Waals surface area (Å²) in [5.74, 6) is 0. The summed E-state index contributed by atoms with van der Waals surface area (Å²) in [6.45, 7) is 0. The molecule has 0 aliphatic rings. The molecule has 5 nitrogen and oxygen atoms in total. The van der Waals surface area contributed by atoms with E-state index in [2.05, 4.69) is 9.97 Å². The Kier molecular flexibility index (Phi) is 3.09. The zero-order valence-corrected chi connectivity index (χ0v) is 10.6. The van der Waals surface area contributed by atoms with Gasteiger partial charge >= 0.3 is 0 Å². The standard InChI is InChI=1S/C15H11N3O2/c19-18(20)15-8-4-1-5-11(15)9-14-12-6-2-3-7-13(12)16-10-17-14/h1-8,10H,9H2. The minimum absolute atomic E-state index is 0.121. The van der Waals surface area contributed by atoms with Gasteiger partial charge in [0.25, 0.3) is 5.69 Å². The first-order chi connectivity index (χ1) is 9.75. The average molecular weight is 265 g/mol. The van der Waals surface area contributed by atoms with Gasteiger partial charge in [-0.1, -0.05) is 36.4 Å². The number of rotatable bonds is 3. The molecule has 20 heavy (non-hydrogen) atoms. The van der Waals surface area contributed by atoms with Crippen molar-refractivity contribution in [2.75, 3.05) is 0 Å². The van der Waals surface area contributed by atoms with Gasteiger partial charge < -0.3 is 0 Å². The van der Waals surface area contributed by atoms with Crippen molar-refractivity contribution in [3.05, 3.63) is 76.2 Å². The van der Waals surface area contributed by atoms with E-state index in [1.807, 2.05) is 24.3 Å². The van der Waals surface area contributed by atoms with Crippen molar-refractivity contribution in [3.63, 3.8) is 0 Å². The molecule has 0 aliphatic carbocycles. The van der Waals surface area contributed by atoms with Gasteiger partial charge in [-0.25, -0.2) is 9.97 Å². The van der Waals surface area contributed by atoms with Crippen molar-refractivity contribution in [1.82, 2.24) is 9.97 Å². The Balaban J connectivity index is 2.08. The monoisotopic (exact) mass is 265 g/mol. The summed E-state index contributed by atoms with van der Waals surface area (Å²) in [6.07, 6.45) is 1.91. The second-order valence-corrected chi connectivity index (χ2v) is 4.40. The minimum atomic E-state index is -0.362. The summed E-state index contributed by atoms with van der Waals surface area (Å²) in [6, 6.07) is 14.4. The summed E-state index contributed by atoms with van der Waals surface area (Å²) >= 11 is 0. The molecule has 0 spiro atoms. The molecule has 3 rings (SSSR count). The molecule has 0 bridgehead atoms. The first-order valence-corrected chi connectivity index (χ1v) is 6.16. The molecule has 2 aromatic carbocycles. The maximum absolute atomic E-state index is 11.0. The second-order valence-electron chi connectivity index (χ2n) is 4.40. The molecular formula is C15H11N3O2. The van der Waals surface area contributed by atoms with Gasteiger partial charge in [-0.15, -0.1) is 0 Å². The van der Waals surface area contributed by atoms with Crippen molar-refractivity contribution in [1.29, 1.82) is 0 Å². The average Bonchev–Trinajstić information content (AvgIpc) is 2.48. The quantitative estimate of drug-likeness (QED) is 0.539. The van der Waals surface area contributed by atoms with Gasteiger partial charge in [-0.2, -0.15) is 0 Å². The normalized spacial score (nSPS) is 10.6. The summed E-state index contributed by atoms with van der Waals surface area (Å²) in [5, 5.41) is 12.0. The van der Waals surface area contributed by atoms with Crippen molar-refractivity contribution in [2.24, 2.45) is 0 Å². The number of para-hydroxylation sites is 2. The highest BCUT2D eigenvalue weighted by Gasteiger charge is 2.14. The third kappa shape index (κ3) is 2.21. The van der Waals surface area contributed by atoms with Crippen LogP contribution in [0.25, 0.3) is 10.9 Å². The minimum Gasteiger partial charge on any atom is -0.258 e. The molecule has 3 aromatic rings. The molecule has 0 saturated carbocycles. The molecule has 1 aromatic heterocycles. The van der Waals surface area contributed by atoms with Crippen molar-refractivity contribution in [2.45, 2.75) is 6.42 Å². The summed E-state index contributed by atoms with van der Waals surface area (Å²) in [4.78, 5) is 19.2. The van der Waals surface area contributed by atoms with Gasteiger partial charge in [0.05, 0.1) is 16.1 Å². The van der Waals surface area contributed by atoms with Crippen LogP contribution in [0.3, 0.4) is 0 Å². The lowest BCUT2D eigenvalue weighted by atomic mass is 10.0. The fourth-order valence-electron chi connectivity index (χ4n) is 2.22. The van der Waals surface area contributed by atoms with Crippen LogP contribution in [0, 0.1) is 10.1 Å². The fraction of sp³-hybridized carbons (Fsp3) is 0.0667. The van der Waals surface area contributed by atoms with Crippen LogP contribution in [0.4, 0.5) is 5.69 Å². The Morgan fingerprint density at radius 2 is 1.75 bits per heavy atom. The lowest BCUT2D eigenvalue weighted by Gasteiger charge is -2.05. The molecule has 98 valence electrons. The van der Waals surface area contributed by atoms with Crippen LogP contribution < -0.4 is 0 Å². The highest BCUT2D eigenvalue weighted by molar-refractivity contribution is 5.80. The number of hydrogen-bond acceptors (Lipinski definition) is 4. The molecular weight excluding hydrogens is 254 g/mol. The predicted molar refractivity (Wildman–Crippen MR) is 75.4 cm³/mol. The number of nitro benzene ring substituents is 1. The molecule has 0 fully saturated rings. The lowest BCUT2D eigenvalue weighted by Crippen LogP contribution is -1.99. The van der Waals surface area contributed by atoms with E-state index in [1.165, 1.54) is 12.4 Å². The third-order valence-electron chi connectivity index (χ3n) is 3.17. The Morgan fingerprint density at radius 3 is 2.60 bits per heavy atom. The summed E-state index contributed by atoms with van der Waals surface area (Å²) in [7, 11) is 0. The Labute approximate surface area is 115 Å². The molecule has 0 aliphatic heterocycles. The van der Waals surface area contributed by atoms with E-state index >= 15 is 0 Å². The van der Waals surface area contributed by atoms with E-state index in [-0.39, 0.29) is 10.6 Å². The summed E-state index contributed by atoms with van der Waals surface area (Å²) in [5.41, 5.74) is 2.41. The van der Waals surface area contributed by atoms with E-state index < -0.39 is 0 Å². The maximum Gasteiger partial charge on any atom is 0.272 e. The number of fused-ring (bicyclic) bond motifs is 1. The van der Waals surface area contributed by atoms with Gasteiger partial charge in [0, 0.05) is 23.4 Å². The van der Waals surface area contributed by atoms with Gasteiger partial charge in [-0.3, -0.25) is 10.1 Å². The smallest absolute Gasteiger partial charge is 0.258 e. The van der Waals surface area contributed by atoms with Crippen LogP contribution in [-0.4, -0.2) is 14.9 Å². The topological polar surface area (TPSA) is 68.9 Å². The fourth-order valence-corrected chi connectivity index (χ4v) is 2.22. The molecule has 0 atom stereocenters. The zero-order valence-electron chi connectivity index (χ0n) is 10.6. The SMILES string of the molecule is O=[N+]([O-])c1ccccc1Cc1ncnc2ccccc12. The zero-order chi connectivity index (χ0) is 13.9. The maximum atomic E-state index is 11.0. The lowest BCUT2D eigenvalue weighted by molar-refractivity contribution is -0.385. The molecule has 0 unspecified atom stereocenters. The van der Waals surface area contributed by atoms with E-state index in [9.17, 15) is 10.1 Å². The van der Waals surface area contributed by atoms with E-state index in [0.717, 1.165) is 16.6 Å². The van der Waals surface area contributed by atoms with Crippen LogP contribution in [0.2, 0.25) is 0 Å². The predicted octanol–water partition coefficient (Wildman–Crippen LogP) is 3.13. The van der Waals surface area contributed by atoms with Crippen LogP contribution in [0.15, 0.2) is 54.9 Å². The van der Waals surface area contributed by atoms with Crippen LogP contribution in [-0.2, 0) is 6.42 Å². The van der Waals surface area contributed by atoms with E-state index in [1.54, 1.807) is 18.2 Å². The third-order valence-corrected chi connectivity index (χ3v) is 3.17. The van der Waals surface area contributed by atoms with Gasteiger partial charge in [0.2, 0.25) is 0 Å². The van der Waals surface area contributed by atoms with Crippen LogP contribution >= 0.6 is 0 Å². The number of nitro groups is 1. The van der Waals surface area contributed by atoms with Crippen LogP contribution in [0.1, 0.15) is 11.3 Å². The molecule has 0 N–H and O–H groups in total. The number of aromatic nitrogens is 2. The Bertz CT molecular complexity index is 781. The van der Waals surface area contributed by atoms with E-state index in [4.69, 9.17) is 0 Å². The van der Waals surface area contributed by atoms with E-state index in [0.29, 0.717) is 12.0 Å². The number of hydrogen-bond donors (Lipinski definition) is 0. The highest BCUT2D eigenvalue weighted by atomic mass is 16.6. The second kappa shape index (κ2) is 5.05. The van der Waals surface area contributed by atoms with Gasteiger partial charge in [0.15, 0.2) is 0 Å². The summed E-state index contributed by atoms with van der Waals surface area (Å²) < 4.78 is 0. The van der Waals surface area contributed by atoms with Crippen molar-refractivity contribution < 1.29 is 4.92 Å². The highest BCUT2D eigenvalue weighted by Crippen LogP contribution is 2.23. The van der Waals surface area contributed by atoms with Crippen molar-refractivity contribution >= 4 is 16.6 Å². The van der Waals surface area contributed by atoms with Gasteiger partial charge in [-0.05, 0) is 6.07 Å².